The molecule has 6 nitrogen and oxygen atoms in total. The molecule has 0 aliphatic carbocycles. The highest BCUT2D eigenvalue weighted by molar-refractivity contribution is 6.36. The Hall–Kier alpha value is -2.64. The second kappa shape index (κ2) is 10.1. The number of likely N-dealkylation sites (N-methyl/N-ethyl adjacent to an activating group) is 1. The van der Waals surface area contributed by atoms with Crippen molar-refractivity contribution in [3.63, 3.8) is 0 Å². The van der Waals surface area contributed by atoms with E-state index in [9.17, 15) is 18.8 Å². The number of rotatable bonds is 7. The van der Waals surface area contributed by atoms with Crippen LogP contribution in [-0.4, -0.2) is 42.8 Å². The first-order valence-corrected chi connectivity index (χ1v) is 9.01. The average Bonchev–Trinajstić information content (AvgIpc) is 2.65. The Morgan fingerprint density at radius 1 is 1.04 bits per heavy atom. The largest absolute Gasteiger partial charge is 0.345 e. The van der Waals surface area contributed by atoms with Gasteiger partial charge in [-0.05, 0) is 24.3 Å². The number of nitrogens with one attached hydrogen (secondary N) is 2. The summed E-state index contributed by atoms with van der Waals surface area (Å²) < 4.78 is 13.6. The highest BCUT2D eigenvalue weighted by atomic mass is 35.5. The number of benzene rings is 2. The van der Waals surface area contributed by atoms with Crippen molar-refractivity contribution in [1.29, 1.82) is 0 Å². The quantitative estimate of drug-likeness (QED) is 0.715. The molecule has 0 aromatic heterocycles. The highest BCUT2D eigenvalue weighted by Gasteiger charge is 2.15. The van der Waals surface area contributed by atoms with E-state index in [2.05, 4.69) is 10.6 Å². The van der Waals surface area contributed by atoms with E-state index in [0.29, 0.717) is 10.6 Å². The molecule has 0 radical (unpaired) electrons. The lowest BCUT2D eigenvalue weighted by atomic mass is 10.2. The van der Waals surface area contributed by atoms with Gasteiger partial charge >= 0.3 is 0 Å². The van der Waals surface area contributed by atoms with Crippen molar-refractivity contribution in [3.8, 4) is 0 Å². The molecule has 3 amide bonds. The van der Waals surface area contributed by atoms with Crippen LogP contribution < -0.4 is 10.6 Å². The Bertz CT molecular complexity index is 892. The molecule has 0 saturated carbocycles. The molecule has 2 aromatic rings. The zero-order valence-electron chi connectivity index (χ0n) is 15.0. The number of nitrogens with zero attached hydrogens (tertiary/aromatic N) is 1. The van der Waals surface area contributed by atoms with Crippen LogP contribution in [0.3, 0.4) is 0 Å². The van der Waals surface area contributed by atoms with Crippen molar-refractivity contribution in [3.05, 3.63) is 69.5 Å². The van der Waals surface area contributed by atoms with Crippen molar-refractivity contribution in [2.75, 3.05) is 20.1 Å². The predicted molar refractivity (Wildman–Crippen MR) is 105 cm³/mol. The van der Waals surface area contributed by atoms with E-state index < -0.39 is 23.5 Å². The number of carbonyl (C=O) groups excluding carboxylic acids is 3. The third-order valence-corrected chi connectivity index (χ3v) is 4.36. The van der Waals surface area contributed by atoms with Crippen LogP contribution >= 0.6 is 23.2 Å². The predicted octanol–water partition coefficient (Wildman–Crippen LogP) is 2.64. The van der Waals surface area contributed by atoms with Crippen molar-refractivity contribution in [2.24, 2.45) is 0 Å². The lowest BCUT2D eigenvalue weighted by Crippen LogP contribution is -2.42. The summed E-state index contributed by atoms with van der Waals surface area (Å²) in [6.45, 7) is -0.531. The van der Waals surface area contributed by atoms with Gasteiger partial charge in [0.1, 0.15) is 5.82 Å². The maximum Gasteiger partial charge on any atom is 0.253 e. The highest BCUT2D eigenvalue weighted by Crippen LogP contribution is 2.20. The molecule has 0 aliphatic rings. The molecule has 0 bridgehead atoms. The summed E-state index contributed by atoms with van der Waals surface area (Å²) in [4.78, 5) is 37.2. The van der Waals surface area contributed by atoms with E-state index in [1.165, 1.54) is 36.2 Å². The smallest absolute Gasteiger partial charge is 0.253 e. The fraction of sp³-hybridized carbons (Fsp3) is 0.211. The molecular weight excluding hydrogens is 408 g/mol. The van der Waals surface area contributed by atoms with E-state index in [4.69, 9.17) is 23.2 Å². The molecule has 0 saturated heterocycles. The van der Waals surface area contributed by atoms with Crippen molar-refractivity contribution in [2.45, 2.75) is 6.54 Å². The van der Waals surface area contributed by atoms with Gasteiger partial charge in [0.2, 0.25) is 11.8 Å². The van der Waals surface area contributed by atoms with E-state index in [1.54, 1.807) is 18.2 Å². The summed E-state index contributed by atoms with van der Waals surface area (Å²) in [5.41, 5.74) is 0.552. The lowest BCUT2D eigenvalue weighted by Gasteiger charge is -2.18. The van der Waals surface area contributed by atoms with Gasteiger partial charge in [-0.25, -0.2) is 4.39 Å². The average molecular weight is 426 g/mol. The summed E-state index contributed by atoms with van der Waals surface area (Å²) in [5.74, 6) is -1.90. The van der Waals surface area contributed by atoms with Crippen molar-refractivity contribution < 1.29 is 18.8 Å². The number of hydrogen-bond donors (Lipinski definition) is 2. The summed E-state index contributed by atoms with van der Waals surface area (Å²) >= 11 is 11.7. The van der Waals surface area contributed by atoms with E-state index in [1.807, 2.05) is 0 Å². The molecule has 0 fully saturated rings. The molecule has 0 atom stereocenters. The van der Waals surface area contributed by atoms with Gasteiger partial charge in [0, 0.05) is 24.2 Å². The molecule has 0 unspecified atom stereocenters. The minimum absolute atomic E-state index is 0.0766. The van der Waals surface area contributed by atoms with Gasteiger partial charge in [-0.3, -0.25) is 14.4 Å². The number of carbonyl (C=O) groups is 3. The first kappa shape index (κ1) is 21.7. The fourth-order valence-electron chi connectivity index (χ4n) is 2.27. The van der Waals surface area contributed by atoms with Gasteiger partial charge in [-0.2, -0.15) is 0 Å². The Morgan fingerprint density at radius 2 is 1.75 bits per heavy atom. The van der Waals surface area contributed by atoms with Gasteiger partial charge < -0.3 is 15.5 Å². The monoisotopic (exact) mass is 425 g/mol. The second-order valence-corrected chi connectivity index (χ2v) is 6.77. The van der Waals surface area contributed by atoms with Crippen LogP contribution in [0.25, 0.3) is 0 Å². The molecule has 0 spiro atoms. The van der Waals surface area contributed by atoms with Crippen LogP contribution in [0.2, 0.25) is 10.0 Å². The maximum absolute atomic E-state index is 13.6. The normalized spacial score (nSPS) is 10.3. The van der Waals surface area contributed by atoms with Crippen molar-refractivity contribution >= 4 is 40.9 Å². The standard InChI is InChI=1S/C19H18Cl2FN3O3/c1-25(11-12-4-2-3-5-16(12)22)18(27)10-23-17(26)9-24-19(28)14-7-6-13(20)8-15(14)21/h2-8H,9-11H2,1H3,(H,23,26)(H,24,28). The number of amides is 3. The molecule has 28 heavy (non-hydrogen) atoms. The topological polar surface area (TPSA) is 78.5 Å². The molecule has 148 valence electrons. The van der Waals surface area contributed by atoms with Crippen LogP contribution in [0.1, 0.15) is 15.9 Å². The van der Waals surface area contributed by atoms with Gasteiger partial charge in [0.15, 0.2) is 0 Å². The molecule has 2 aromatic carbocycles. The Labute approximate surface area is 171 Å². The minimum atomic E-state index is -0.550. The van der Waals surface area contributed by atoms with Gasteiger partial charge in [-0.1, -0.05) is 41.4 Å². The third-order valence-electron chi connectivity index (χ3n) is 3.81. The zero-order valence-corrected chi connectivity index (χ0v) is 16.5. The molecule has 2 rings (SSSR count). The molecule has 2 N–H and O–H groups in total. The Kier molecular flexibility index (Phi) is 7.78. The van der Waals surface area contributed by atoms with Crippen molar-refractivity contribution in [1.82, 2.24) is 15.5 Å². The molecular formula is C19H18Cl2FN3O3. The van der Waals surface area contributed by atoms with E-state index in [0.717, 1.165) is 0 Å². The Balaban J connectivity index is 1.77. The zero-order chi connectivity index (χ0) is 20.7. The van der Waals surface area contributed by atoms with Gasteiger partial charge in [-0.15, -0.1) is 0 Å². The summed E-state index contributed by atoms with van der Waals surface area (Å²) in [5, 5.41) is 5.36. The molecule has 9 heteroatoms. The number of hydrogen-bond acceptors (Lipinski definition) is 3. The summed E-state index contributed by atoms with van der Waals surface area (Å²) in [6, 6.07) is 10.5. The number of halogens is 3. The minimum Gasteiger partial charge on any atom is -0.345 e. The fourth-order valence-corrected chi connectivity index (χ4v) is 2.77. The maximum atomic E-state index is 13.6. The van der Waals surface area contributed by atoms with Crippen LogP contribution in [0, 0.1) is 5.82 Å². The third kappa shape index (κ3) is 6.21. The lowest BCUT2D eigenvalue weighted by molar-refractivity contribution is -0.132. The van der Waals surface area contributed by atoms with Crippen LogP contribution in [0.5, 0.6) is 0 Å². The van der Waals surface area contributed by atoms with Crippen LogP contribution in [0.4, 0.5) is 4.39 Å². The van der Waals surface area contributed by atoms with E-state index >= 15 is 0 Å². The van der Waals surface area contributed by atoms with E-state index in [-0.39, 0.29) is 30.2 Å². The second-order valence-electron chi connectivity index (χ2n) is 5.92. The first-order chi connectivity index (χ1) is 13.3. The van der Waals surface area contributed by atoms with Gasteiger partial charge in [0.25, 0.3) is 5.91 Å². The van der Waals surface area contributed by atoms with Gasteiger partial charge in [0.05, 0.1) is 23.7 Å². The van der Waals surface area contributed by atoms with Crippen LogP contribution in [-0.2, 0) is 16.1 Å². The van der Waals surface area contributed by atoms with Crippen LogP contribution in [0.15, 0.2) is 42.5 Å². The summed E-state index contributed by atoms with van der Waals surface area (Å²) in [7, 11) is 1.51. The Morgan fingerprint density at radius 3 is 2.43 bits per heavy atom. The summed E-state index contributed by atoms with van der Waals surface area (Å²) in [6.07, 6.45) is 0. The SMILES string of the molecule is CN(Cc1ccccc1F)C(=O)CNC(=O)CNC(=O)c1ccc(Cl)cc1Cl. The molecule has 0 aliphatic heterocycles. The first-order valence-electron chi connectivity index (χ1n) is 8.25. The molecule has 0 heterocycles.